The van der Waals surface area contributed by atoms with Crippen molar-refractivity contribution in [2.24, 2.45) is 0 Å². The number of hydrogen-bond acceptors (Lipinski definition) is 4. The molecule has 0 aliphatic carbocycles. The quantitative estimate of drug-likeness (QED) is 0.697. The average Bonchev–Trinajstić information content (AvgIpc) is 3.26. The van der Waals surface area contributed by atoms with Crippen LogP contribution in [-0.2, 0) is 9.59 Å². The van der Waals surface area contributed by atoms with Crippen molar-refractivity contribution in [3.05, 3.63) is 53.7 Å². The van der Waals surface area contributed by atoms with Crippen LogP contribution in [0.1, 0.15) is 42.7 Å². The predicted octanol–water partition coefficient (Wildman–Crippen LogP) is 3.43. The number of rotatable bonds is 4. The average molecular weight is 404 g/mol. The molecule has 30 heavy (non-hydrogen) atoms. The summed E-state index contributed by atoms with van der Waals surface area (Å²) in [6.45, 7) is 1.62. The molecule has 1 unspecified atom stereocenters. The van der Waals surface area contributed by atoms with Gasteiger partial charge in [-0.05, 0) is 37.5 Å². The number of nitrogens with one attached hydrogen (secondary N) is 2. The Balaban J connectivity index is 1.46. The first kappa shape index (κ1) is 18.7. The summed E-state index contributed by atoms with van der Waals surface area (Å²) < 4.78 is 6.00. The third-order valence-electron chi connectivity index (χ3n) is 6.02. The second-order valence-corrected chi connectivity index (χ2v) is 7.93. The van der Waals surface area contributed by atoms with Crippen LogP contribution in [0.15, 0.2) is 42.6 Å². The topological polar surface area (TPSA) is 87.3 Å². The highest BCUT2D eigenvalue weighted by Gasteiger charge is 2.31. The van der Waals surface area contributed by atoms with Gasteiger partial charge in [-0.15, -0.1) is 0 Å². The number of benzene rings is 2. The lowest BCUT2D eigenvalue weighted by molar-refractivity contribution is -0.134. The maximum Gasteiger partial charge on any atom is 0.260 e. The summed E-state index contributed by atoms with van der Waals surface area (Å²) >= 11 is 0. The molecule has 2 aromatic carbocycles. The minimum atomic E-state index is -0.181. The van der Waals surface area contributed by atoms with E-state index in [4.69, 9.17) is 4.74 Å². The number of carbonyl (C=O) groups is 2. The molecule has 0 spiro atoms. The lowest BCUT2D eigenvalue weighted by atomic mass is 9.83. The highest BCUT2D eigenvalue weighted by molar-refractivity contribution is 6.00. The molecule has 0 radical (unpaired) electrons. The SMILES string of the molecule is O=C1CC(c2ccccc2OCC(=O)N2CCCCC2)c2c(ccc3cn[nH]c23)N1. The second-order valence-electron chi connectivity index (χ2n) is 7.93. The van der Waals surface area contributed by atoms with Gasteiger partial charge < -0.3 is 15.0 Å². The summed E-state index contributed by atoms with van der Waals surface area (Å²) in [4.78, 5) is 26.9. The van der Waals surface area contributed by atoms with Crippen molar-refractivity contribution in [2.75, 3.05) is 25.0 Å². The molecule has 1 aromatic heterocycles. The number of anilines is 1. The van der Waals surface area contributed by atoms with Crippen molar-refractivity contribution >= 4 is 28.4 Å². The molecule has 1 saturated heterocycles. The number of aromatic amines is 1. The Bertz CT molecular complexity index is 1100. The molecule has 7 nitrogen and oxygen atoms in total. The van der Waals surface area contributed by atoms with Gasteiger partial charge in [-0.3, -0.25) is 14.7 Å². The van der Waals surface area contributed by atoms with Crippen molar-refractivity contribution in [2.45, 2.75) is 31.6 Å². The summed E-state index contributed by atoms with van der Waals surface area (Å²) in [7, 11) is 0. The van der Waals surface area contributed by atoms with Crippen LogP contribution in [-0.4, -0.2) is 46.6 Å². The monoisotopic (exact) mass is 404 g/mol. The van der Waals surface area contributed by atoms with Crippen LogP contribution < -0.4 is 10.1 Å². The van der Waals surface area contributed by atoms with Gasteiger partial charge in [0.2, 0.25) is 5.91 Å². The number of ether oxygens (including phenoxy) is 1. The zero-order chi connectivity index (χ0) is 20.5. The predicted molar refractivity (Wildman–Crippen MR) is 114 cm³/mol. The van der Waals surface area contributed by atoms with E-state index in [9.17, 15) is 9.59 Å². The van der Waals surface area contributed by atoms with Crippen LogP contribution in [0.4, 0.5) is 5.69 Å². The molecular weight excluding hydrogens is 380 g/mol. The van der Waals surface area contributed by atoms with E-state index >= 15 is 0 Å². The largest absolute Gasteiger partial charge is 0.483 e. The van der Waals surface area contributed by atoms with Gasteiger partial charge >= 0.3 is 0 Å². The van der Waals surface area contributed by atoms with Crippen LogP contribution in [0.25, 0.3) is 10.9 Å². The third kappa shape index (κ3) is 3.40. The molecule has 5 rings (SSSR count). The number of H-pyrrole nitrogens is 1. The summed E-state index contributed by atoms with van der Waals surface area (Å²) in [5.41, 5.74) is 3.61. The number of hydrogen-bond donors (Lipinski definition) is 2. The van der Waals surface area contributed by atoms with Gasteiger partial charge in [0.05, 0.1) is 11.7 Å². The molecule has 7 heteroatoms. The molecule has 2 amide bonds. The fourth-order valence-corrected chi connectivity index (χ4v) is 4.53. The Labute approximate surface area is 174 Å². The van der Waals surface area contributed by atoms with E-state index in [0.29, 0.717) is 12.2 Å². The fourth-order valence-electron chi connectivity index (χ4n) is 4.53. The van der Waals surface area contributed by atoms with Crippen LogP contribution in [0.2, 0.25) is 0 Å². The summed E-state index contributed by atoms with van der Waals surface area (Å²) in [6, 6.07) is 11.5. The zero-order valence-corrected chi connectivity index (χ0v) is 16.7. The van der Waals surface area contributed by atoms with Crippen molar-refractivity contribution in [1.29, 1.82) is 0 Å². The Morgan fingerprint density at radius 3 is 2.83 bits per heavy atom. The van der Waals surface area contributed by atoms with E-state index in [0.717, 1.165) is 53.6 Å². The summed E-state index contributed by atoms with van der Waals surface area (Å²) in [5.74, 6) is 0.442. The first-order chi connectivity index (χ1) is 14.7. The van der Waals surface area contributed by atoms with Crippen molar-refractivity contribution in [3.8, 4) is 5.75 Å². The van der Waals surface area contributed by atoms with Crippen LogP contribution in [0, 0.1) is 0 Å². The zero-order valence-electron chi connectivity index (χ0n) is 16.7. The van der Waals surface area contributed by atoms with E-state index in [1.165, 1.54) is 6.42 Å². The Morgan fingerprint density at radius 2 is 1.97 bits per heavy atom. The standard InChI is InChI=1S/C23H24N4O3/c28-20-12-17(22-18(25-20)9-8-15-13-24-26-23(15)22)16-6-2-3-7-19(16)30-14-21(29)27-10-4-1-5-11-27/h2-3,6-9,13,17H,1,4-5,10-12,14H2,(H,24,26)(H,25,28). The molecule has 0 bridgehead atoms. The molecule has 3 aromatic rings. The van der Waals surface area contributed by atoms with Crippen LogP contribution in [0.3, 0.4) is 0 Å². The van der Waals surface area contributed by atoms with Crippen molar-refractivity contribution in [3.63, 3.8) is 0 Å². The molecule has 2 aliphatic rings. The fraction of sp³-hybridized carbons (Fsp3) is 0.348. The maximum atomic E-state index is 12.6. The smallest absolute Gasteiger partial charge is 0.260 e. The molecule has 2 N–H and O–H groups in total. The van der Waals surface area contributed by atoms with E-state index in [1.54, 1.807) is 6.20 Å². The number of para-hydroxylation sites is 1. The van der Waals surface area contributed by atoms with Gasteiger partial charge in [0.15, 0.2) is 6.61 Å². The van der Waals surface area contributed by atoms with Gasteiger partial charge in [-0.2, -0.15) is 5.10 Å². The van der Waals surface area contributed by atoms with E-state index in [-0.39, 0.29) is 24.3 Å². The van der Waals surface area contributed by atoms with Crippen LogP contribution in [0.5, 0.6) is 5.75 Å². The maximum absolute atomic E-state index is 12.6. The number of amides is 2. The highest BCUT2D eigenvalue weighted by atomic mass is 16.5. The third-order valence-corrected chi connectivity index (χ3v) is 6.02. The number of carbonyl (C=O) groups excluding carboxylic acids is 2. The first-order valence-electron chi connectivity index (χ1n) is 10.5. The molecule has 154 valence electrons. The first-order valence-corrected chi connectivity index (χ1v) is 10.5. The van der Waals surface area contributed by atoms with Gasteiger partial charge in [0, 0.05) is 47.6 Å². The number of nitrogens with zero attached hydrogens (tertiary/aromatic N) is 2. The molecule has 0 saturated carbocycles. The van der Waals surface area contributed by atoms with Gasteiger partial charge in [-0.1, -0.05) is 18.2 Å². The lowest BCUT2D eigenvalue weighted by Crippen LogP contribution is -2.38. The molecule has 1 fully saturated rings. The minimum Gasteiger partial charge on any atom is -0.483 e. The number of aromatic nitrogens is 2. The van der Waals surface area contributed by atoms with E-state index < -0.39 is 0 Å². The van der Waals surface area contributed by atoms with E-state index in [1.807, 2.05) is 41.3 Å². The Kier molecular flexibility index (Phi) is 4.86. The van der Waals surface area contributed by atoms with Gasteiger partial charge in [-0.25, -0.2) is 0 Å². The van der Waals surface area contributed by atoms with E-state index in [2.05, 4.69) is 15.5 Å². The Hall–Kier alpha value is -3.35. The molecule has 2 aliphatic heterocycles. The molecule has 3 heterocycles. The second kappa shape index (κ2) is 7.82. The number of likely N-dealkylation sites (tertiary alicyclic amines) is 1. The number of fused-ring (bicyclic) bond motifs is 3. The Morgan fingerprint density at radius 1 is 1.13 bits per heavy atom. The van der Waals surface area contributed by atoms with Crippen LogP contribution >= 0.6 is 0 Å². The number of piperidine rings is 1. The van der Waals surface area contributed by atoms with Gasteiger partial charge in [0.1, 0.15) is 5.75 Å². The summed E-state index contributed by atoms with van der Waals surface area (Å²) in [6.07, 6.45) is 5.38. The molecule has 1 atom stereocenters. The van der Waals surface area contributed by atoms with Crippen molar-refractivity contribution < 1.29 is 14.3 Å². The highest BCUT2D eigenvalue weighted by Crippen LogP contribution is 2.43. The summed E-state index contributed by atoms with van der Waals surface area (Å²) in [5, 5.41) is 11.2. The van der Waals surface area contributed by atoms with Crippen molar-refractivity contribution in [1.82, 2.24) is 15.1 Å². The lowest BCUT2D eigenvalue weighted by Gasteiger charge is -2.29. The minimum absolute atomic E-state index is 0.0110. The molecular formula is C23H24N4O3. The normalized spacial score (nSPS) is 18.7. The van der Waals surface area contributed by atoms with Gasteiger partial charge in [0.25, 0.3) is 5.91 Å².